The fourth-order valence-corrected chi connectivity index (χ4v) is 4.03. The molecule has 2 fully saturated rings. The van der Waals surface area contributed by atoms with Crippen LogP contribution in [0.15, 0.2) is 29.1 Å². The molecule has 1 saturated carbocycles. The molecule has 4 rings (SSSR count). The molecule has 25 heavy (non-hydrogen) atoms. The van der Waals surface area contributed by atoms with E-state index >= 15 is 0 Å². The van der Waals surface area contributed by atoms with Gasteiger partial charge in [0.05, 0.1) is 29.7 Å². The Bertz CT molecular complexity index is 830. The van der Waals surface area contributed by atoms with Crippen LogP contribution in [0.5, 0.6) is 0 Å². The molecule has 1 aromatic carbocycles. The minimum atomic E-state index is -0.147. The monoisotopic (exact) mass is 341 g/mol. The number of ether oxygens (including phenoxy) is 1. The second-order valence-corrected chi connectivity index (χ2v) is 6.88. The number of aromatic nitrogens is 2. The molecule has 2 unspecified atom stereocenters. The van der Waals surface area contributed by atoms with Crippen molar-refractivity contribution in [2.24, 2.45) is 0 Å². The van der Waals surface area contributed by atoms with E-state index in [1.165, 1.54) is 6.42 Å². The number of benzene rings is 1. The Hall–Kier alpha value is -2.21. The van der Waals surface area contributed by atoms with E-state index in [2.05, 4.69) is 9.97 Å². The van der Waals surface area contributed by atoms with E-state index in [0.29, 0.717) is 42.7 Å². The molecule has 132 valence electrons. The Kier molecular flexibility index (Phi) is 4.53. The highest BCUT2D eigenvalue weighted by atomic mass is 16.5. The first kappa shape index (κ1) is 16.3. The first-order valence-corrected chi connectivity index (χ1v) is 9.11. The lowest BCUT2D eigenvalue weighted by Crippen LogP contribution is -2.54. The van der Waals surface area contributed by atoms with Gasteiger partial charge in [0.15, 0.2) is 0 Å². The molecule has 6 heteroatoms. The van der Waals surface area contributed by atoms with Crippen LogP contribution in [0.3, 0.4) is 0 Å². The van der Waals surface area contributed by atoms with E-state index in [9.17, 15) is 9.59 Å². The number of nitrogens with zero attached hydrogens (tertiary/aromatic N) is 2. The number of hydrogen-bond donors (Lipinski definition) is 1. The van der Waals surface area contributed by atoms with Gasteiger partial charge in [-0.2, -0.15) is 0 Å². The van der Waals surface area contributed by atoms with E-state index in [-0.39, 0.29) is 23.6 Å². The van der Waals surface area contributed by atoms with Crippen LogP contribution < -0.4 is 5.56 Å². The molecule has 0 radical (unpaired) electrons. The number of carbonyl (C=O) groups is 1. The maximum atomic E-state index is 12.7. The molecule has 1 aromatic heterocycles. The third-order valence-electron chi connectivity index (χ3n) is 5.29. The lowest BCUT2D eigenvalue weighted by Gasteiger charge is -2.43. The minimum Gasteiger partial charge on any atom is -0.374 e. The number of nitrogens with one attached hydrogen (secondary N) is 1. The number of para-hydroxylation sites is 1. The third kappa shape index (κ3) is 3.31. The molecule has 2 aliphatic rings. The molecule has 2 heterocycles. The van der Waals surface area contributed by atoms with Crippen molar-refractivity contribution in [3.63, 3.8) is 0 Å². The summed E-state index contributed by atoms with van der Waals surface area (Å²) in [7, 11) is 0. The van der Waals surface area contributed by atoms with Gasteiger partial charge in [0.25, 0.3) is 5.56 Å². The quantitative estimate of drug-likeness (QED) is 0.927. The number of morpholine rings is 1. The van der Waals surface area contributed by atoms with Crippen molar-refractivity contribution in [1.29, 1.82) is 0 Å². The zero-order valence-electron chi connectivity index (χ0n) is 14.2. The molecule has 2 aromatic rings. The number of rotatable bonds is 3. The molecular weight excluding hydrogens is 318 g/mol. The Labute approximate surface area is 146 Å². The second kappa shape index (κ2) is 6.96. The number of aryl methyl sites for hydroxylation is 1. The Balaban J connectivity index is 1.45. The number of carbonyl (C=O) groups excluding carboxylic acids is 1. The number of aromatic amines is 1. The van der Waals surface area contributed by atoms with Crippen LogP contribution in [-0.2, 0) is 16.0 Å². The largest absolute Gasteiger partial charge is 0.374 e. The summed E-state index contributed by atoms with van der Waals surface area (Å²) in [5.41, 5.74) is 0.527. The number of H-pyrrole nitrogens is 1. The predicted molar refractivity (Wildman–Crippen MR) is 94.4 cm³/mol. The van der Waals surface area contributed by atoms with Crippen molar-refractivity contribution in [2.45, 2.75) is 50.7 Å². The lowest BCUT2D eigenvalue weighted by atomic mass is 9.90. The van der Waals surface area contributed by atoms with E-state index in [0.717, 1.165) is 19.3 Å². The van der Waals surface area contributed by atoms with Gasteiger partial charge in [-0.05, 0) is 25.0 Å². The molecule has 6 nitrogen and oxygen atoms in total. The van der Waals surface area contributed by atoms with Crippen LogP contribution in [0.1, 0.15) is 37.9 Å². The number of fused-ring (bicyclic) bond motifs is 2. The second-order valence-electron chi connectivity index (χ2n) is 6.88. The third-order valence-corrected chi connectivity index (χ3v) is 5.29. The number of amides is 1. The summed E-state index contributed by atoms with van der Waals surface area (Å²) in [6, 6.07) is 7.48. The fourth-order valence-electron chi connectivity index (χ4n) is 4.03. The molecular formula is C19H23N3O3. The summed E-state index contributed by atoms with van der Waals surface area (Å²) in [6.07, 6.45) is 5.44. The Morgan fingerprint density at radius 3 is 3.04 bits per heavy atom. The average molecular weight is 341 g/mol. The summed E-state index contributed by atoms with van der Waals surface area (Å²) in [4.78, 5) is 34.1. The number of hydrogen-bond acceptors (Lipinski definition) is 4. The lowest BCUT2D eigenvalue weighted by molar-refractivity contribution is -0.149. The normalized spacial score (nSPS) is 23.4. The predicted octanol–water partition coefficient (Wildman–Crippen LogP) is 2.03. The standard InChI is InChI=1S/C19H23N3O3/c23-18(22-11-12-25-16-8-4-3-7-15(16)22)10-9-17-20-14-6-2-1-5-13(14)19(24)21-17/h1-2,5-6,15-16H,3-4,7-12H2,(H,20,21,24). The van der Waals surface area contributed by atoms with E-state index in [4.69, 9.17) is 4.74 Å². The van der Waals surface area contributed by atoms with E-state index < -0.39 is 0 Å². The Morgan fingerprint density at radius 1 is 1.28 bits per heavy atom. The first-order chi connectivity index (χ1) is 12.2. The summed E-state index contributed by atoms with van der Waals surface area (Å²) >= 11 is 0. The molecule has 1 saturated heterocycles. The molecule has 1 aliphatic heterocycles. The van der Waals surface area contributed by atoms with Gasteiger partial charge < -0.3 is 14.6 Å². The van der Waals surface area contributed by atoms with Crippen molar-refractivity contribution in [3.8, 4) is 0 Å². The topological polar surface area (TPSA) is 75.3 Å². The van der Waals surface area contributed by atoms with Crippen molar-refractivity contribution in [2.75, 3.05) is 13.2 Å². The maximum absolute atomic E-state index is 12.7. The van der Waals surface area contributed by atoms with Crippen LogP contribution >= 0.6 is 0 Å². The van der Waals surface area contributed by atoms with Crippen LogP contribution in [-0.4, -0.2) is 46.1 Å². The zero-order valence-corrected chi connectivity index (χ0v) is 14.2. The first-order valence-electron chi connectivity index (χ1n) is 9.11. The van der Waals surface area contributed by atoms with Crippen molar-refractivity contribution in [1.82, 2.24) is 14.9 Å². The molecule has 2 atom stereocenters. The summed E-state index contributed by atoms with van der Waals surface area (Å²) in [5.74, 6) is 0.710. The van der Waals surface area contributed by atoms with Gasteiger partial charge in [0, 0.05) is 19.4 Å². The van der Waals surface area contributed by atoms with Gasteiger partial charge in [-0.3, -0.25) is 9.59 Å². The van der Waals surface area contributed by atoms with Gasteiger partial charge in [0.1, 0.15) is 5.82 Å². The van der Waals surface area contributed by atoms with Crippen LogP contribution in [0.25, 0.3) is 10.9 Å². The molecule has 0 spiro atoms. The van der Waals surface area contributed by atoms with Gasteiger partial charge in [-0.1, -0.05) is 25.0 Å². The highest BCUT2D eigenvalue weighted by molar-refractivity contribution is 5.78. The molecule has 1 aliphatic carbocycles. The van der Waals surface area contributed by atoms with Crippen LogP contribution in [0.4, 0.5) is 0 Å². The molecule has 1 N–H and O–H groups in total. The highest BCUT2D eigenvalue weighted by Gasteiger charge is 2.36. The smallest absolute Gasteiger partial charge is 0.258 e. The zero-order chi connectivity index (χ0) is 17.2. The molecule has 0 bridgehead atoms. The maximum Gasteiger partial charge on any atom is 0.258 e. The summed E-state index contributed by atoms with van der Waals surface area (Å²) < 4.78 is 5.84. The van der Waals surface area contributed by atoms with Crippen LogP contribution in [0, 0.1) is 0 Å². The van der Waals surface area contributed by atoms with Crippen molar-refractivity contribution >= 4 is 16.8 Å². The summed E-state index contributed by atoms with van der Waals surface area (Å²) in [5, 5.41) is 0.579. The average Bonchev–Trinajstić information content (AvgIpc) is 2.66. The van der Waals surface area contributed by atoms with Gasteiger partial charge >= 0.3 is 0 Å². The van der Waals surface area contributed by atoms with E-state index in [1.807, 2.05) is 23.1 Å². The fraction of sp³-hybridized carbons (Fsp3) is 0.526. The highest BCUT2D eigenvalue weighted by Crippen LogP contribution is 2.28. The van der Waals surface area contributed by atoms with Gasteiger partial charge in [-0.15, -0.1) is 0 Å². The molecule has 1 amide bonds. The Morgan fingerprint density at radius 2 is 2.12 bits per heavy atom. The summed E-state index contributed by atoms with van der Waals surface area (Å²) in [6.45, 7) is 1.29. The minimum absolute atomic E-state index is 0.135. The van der Waals surface area contributed by atoms with Gasteiger partial charge in [-0.25, -0.2) is 4.98 Å². The van der Waals surface area contributed by atoms with E-state index in [1.54, 1.807) is 6.07 Å². The van der Waals surface area contributed by atoms with Crippen molar-refractivity contribution < 1.29 is 9.53 Å². The SMILES string of the molecule is O=C(CCc1nc2ccccc2c(=O)[nH]1)N1CCOC2CCCCC21. The van der Waals surface area contributed by atoms with Crippen LogP contribution in [0.2, 0.25) is 0 Å². The van der Waals surface area contributed by atoms with Gasteiger partial charge in [0.2, 0.25) is 5.91 Å². The van der Waals surface area contributed by atoms with Crippen molar-refractivity contribution in [3.05, 3.63) is 40.4 Å².